The van der Waals surface area contributed by atoms with Crippen LogP contribution in [0.1, 0.15) is 41.6 Å². The van der Waals surface area contributed by atoms with Gasteiger partial charge < -0.3 is 10.6 Å². The lowest BCUT2D eigenvalue weighted by molar-refractivity contribution is -0.113. The van der Waals surface area contributed by atoms with Crippen molar-refractivity contribution in [3.63, 3.8) is 0 Å². The number of anilines is 1. The molecule has 1 saturated carbocycles. The average molecular weight is 491 g/mol. The van der Waals surface area contributed by atoms with Gasteiger partial charge in [-0.15, -0.1) is 10.2 Å². The van der Waals surface area contributed by atoms with Gasteiger partial charge in [0.15, 0.2) is 5.16 Å². The molecule has 2 aromatic heterocycles. The van der Waals surface area contributed by atoms with Gasteiger partial charge in [-0.2, -0.15) is 0 Å². The molecule has 1 aliphatic rings. The van der Waals surface area contributed by atoms with E-state index in [9.17, 15) is 14.4 Å². The Morgan fingerprint density at radius 1 is 1.11 bits per heavy atom. The summed E-state index contributed by atoms with van der Waals surface area (Å²) in [5.74, 6) is 0.119. The number of carbonyl (C=O) groups is 2. The van der Waals surface area contributed by atoms with Crippen molar-refractivity contribution < 1.29 is 9.59 Å². The number of hydrogen-bond acceptors (Lipinski definition) is 6. The number of rotatable bonds is 6. The van der Waals surface area contributed by atoms with Gasteiger partial charge in [0.05, 0.1) is 16.7 Å². The van der Waals surface area contributed by atoms with Crippen molar-refractivity contribution in [1.82, 2.24) is 24.5 Å². The summed E-state index contributed by atoms with van der Waals surface area (Å²) in [6.07, 6.45) is 4.22. The molecule has 180 valence electrons. The summed E-state index contributed by atoms with van der Waals surface area (Å²) in [4.78, 5) is 38.3. The van der Waals surface area contributed by atoms with Gasteiger partial charge in [-0.3, -0.25) is 23.4 Å². The molecule has 5 rings (SSSR count). The van der Waals surface area contributed by atoms with Crippen LogP contribution in [0.15, 0.2) is 52.4 Å². The molecule has 1 fully saturated rings. The van der Waals surface area contributed by atoms with Crippen LogP contribution in [0.25, 0.3) is 16.7 Å². The number of benzene rings is 2. The first-order valence-electron chi connectivity index (χ1n) is 11.6. The van der Waals surface area contributed by atoms with Crippen LogP contribution in [-0.4, -0.2) is 42.8 Å². The maximum Gasteiger partial charge on any atom is 0.262 e. The van der Waals surface area contributed by atoms with E-state index < -0.39 is 0 Å². The third-order valence-electron chi connectivity index (χ3n) is 6.28. The smallest absolute Gasteiger partial charge is 0.262 e. The first-order chi connectivity index (χ1) is 16.9. The normalized spacial score (nSPS) is 14.0. The Morgan fingerprint density at radius 2 is 1.91 bits per heavy atom. The van der Waals surface area contributed by atoms with Crippen molar-refractivity contribution >= 4 is 45.9 Å². The van der Waals surface area contributed by atoms with E-state index in [1.165, 1.54) is 16.3 Å². The number of fused-ring (bicyclic) bond motifs is 3. The zero-order chi connectivity index (χ0) is 24.5. The lowest BCUT2D eigenvalue weighted by Gasteiger charge is -2.13. The van der Waals surface area contributed by atoms with E-state index in [4.69, 9.17) is 0 Å². The third-order valence-corrected chi connectivity index (χ3v) is 7.21. The molecule has 2 aromatic carbocycles. The summed E-state index contributed by atoms with van der Waals surface area (Å²) < 4.78 is 3.15. The number of thioether (sulfide) groups is 1. The van der Waals surface area contributed by atoms with Crippen molar-refractivity contribution in [2.45, 2.75) is 43.8 Å². The standard InChI is InChI=1S/C25H26N6O3S/c1-15-6-5-9-18(12-15)26-21(32)14-35-25-29-28-24-30(2)23(34)19-11-10-16(13-20(19)31(24)25)22(33)27-17-7-3-4-8-17/h5-6,9-13,17H,3-4,7-8,14H2,1-2H3,(H,26,32)(H,27,33). The Morgan fingerprint density at radius 3 is 2.69 bits per heavy atom. The molecule has 0 atom stereocenters. The molecule has 0 spiro atoms. The molecule has 9 nitrogen and oxygen atoms in total. The molecular formula is C25H26N6O3S. The van der Waals surface area contributed by atoms with Crippen LogP contribution in [0.4, 0.5) is 5.69 Å². The van der Waals surface area contributed by atoms with Gasteiger partial charge in [0.1, 0.15) is 0 Å². The van der Waals surface area contributed by atoms with E-state index in [1.807, 2.05) is 31.2 Å². The molecule has 0 saturated heterocycles. The molecule has 2 amide bonds. The van der Waals surface area contributed by atoms with E-state index >= 15 is 0 Å². The largest absolute Gasteiger partial charge is 0.349 e. The van der Waals surface area contributed by atoms with Gasteiger partial charge in [0.2, 0.25) is 11.7 Å². The van der Waals surface area contributed by atoms with Gasteiger partial charge in [0, 0.05) is 24.3 Å². The molecule has 0 radical (unpaired) electrons. The zero-order valence-electron chi connectivity index (χ0n) is 19.6. The fraction of sp³-hybridized carbons (Fsp3) is 0.320. The van der Waals surface area contributed by atoms with Crippen LogP contribution in [-0.2, 0) is 11.8 Å². The fourth-order valence-corrected chi connectivity index (χ4v) is 5.22. The van der Waals surface area contributed by atoms with Crippen LogP contribution in [0, 0.1) is 6.92 Å². The molecule has 10 heteroatoms. The Bertz CT molecular complexity index is 1500. The monoisotopic (exact) mass is 490 g/mol. The minimum atomic E-state index is -0.226. The van der Waals surface area contributed by atoms with Crippen LogP contribution < -0.4 is 16.2 Å². The van der Waals surface area contributed by atoms with Crippen LogP contribution in [0.3, 0.4) is 0 Å². The highest BCUT2D eigenvalue weighted by Gasteiger charge is 2.20. The zero-order valence-corrected chi connectivity index (χ0v) is 20.4. The summed E-state index contributed by atoms with van der Waals surface area (Å²) >= 11 is 1.22. The molecule has 0 unspecified atom stereocenters. The van der Waals surface area contributed by atoms with Crippen LogP contribution in [0.2, 0.25) is 0 Å². The summed E-state index contributed by atoms with van der Waals surface area (Å²) in [5.41, 5.74) is 2.57. The van der Waals surface area contributed by atoms with E-state index in [-0.39, 0.29) is 29.2 Å². The molecule has 35 heavy (non-hydrogen) atoms. The molecule has 0 bridgehead atoms. The molecule has 1 aliphatic carbocycles. The van der Waals surface area contributed by atoms with Gasteiger partial charge in [0.25, 0.3) is 11.5 Å². The van der Waals surface area contributed by atoms with E-state index in [0.29, 0.717) is 27.4 Å². The first-order valence-corrected chi connectivity index (χ1v) is 12.6. The minimum Gasteiger partial charge on any atom is -0.349 e. The Hall–Kier alpha value is -3.66. The molecule has 0 aliphatic heterocycles. The minimum absolute atomic E-state index is 0.112. The van der Waals surface area contributed by atoms with Crippen molar-refractivity contribution in [2.24, 2.45) is 7.05 Å². The highest BCUT2D eigenvalue weighted by molar-refractivity contribution is 7.99. The van der Waals surface area contributed by atoms with Crippen molar-refractivity contribution in [1.29, 1.82) is 0 Å². The highest BCUT2D eigenvalue weighted by Crippen LogP contribution is 2.23. The lowest BCUT2D eigenvalue weighted by Crippen LogP contribution is -2.32. The van der Waals surface area contributed by atoms with Gasteiger partial charge in [-0.05, 0) is 55.7 Å². The fourth-order valence-electron chi connectivity index (χ4n) is 4.48. The topological polar surface area (TPSA) is 110 Å². The van der Waals surface area contributed by atoms with Crippen molar-refractivity contribution in [2.75, 3.05) is 11.1 Å². The summed E-state index contributed by atoms with van der Waals surface area (Å²) in [7, 11) is 1.63. The SMILES string of the molecule is Cc1cccc(NC(=O)CSc2nnc3n(C)c(=O)c4ccc(C(=O)NC5CCCC5)cc4n23)c1. The Balaban J connectivity index is 1.45. The number of nitrogens with one attached hydrogen (secondary N) is 2. The van der Waals surface area contributed by atoms with Gasteiger partial charge >= 0.3 is 0 Å². The Labute approximate surface area is 205 Å². The second-order valence-corrected chi connectivity index (χ2v) is 9.82. The highest BCUT2D eigenvalue weighted by atomic mass is 32.2. The summed E-state index contributed by atoms with van der Waals surface area (Å²) in [6, 6.07) is 12.8. The number of aromatic nitrogens is 4. The molecule has 4 aromatic rings. The second-order valence-electron chi connectivity index (χ2n) is 8.88. The van der Waals surface area contributed by atoms with Crippen molar-refractivity contribution in [3.05, 3.63) is 63.9 Å². The predicted molar refractivity (Wildman–Crippen MR) is 136 cm³/mol. The summed E-state index contributed by atoms with van der Waals surface area (Å²) in [5, 5.41) is 15.3. The maximum atomic E-state index is 12.9. The van der Waals surface area contributed by atoms with E-state index in [0.717, 1.165) is 36.9 Å². The maximum absolute atomic E-state index is 12.9. The van der Waals surface area contributed by atoms with Crippen LogP contribution in [0.5, 0.6) is 0 Å². The Kier molecular flexibility index (Phi) is 6.29. The molecule has 2 heterocycles. The van der Waals surface area contributed by atoms with E-state index in [1.54, 1.807) is 29.6 Å². The van der Waals surface area contributed by atoms with Crippen molar-refractivity contribution in [3.8, 4) is 0 Å². The number of carbonyl (C=O) groups excluding carboxylic acids is 2. The molecule has 2 N–H and O–H groups in total. The number of amides is 2. The number of aryl methyl sites for hydroxylation is 2. The number of nitrogens with zero attached hydrogens (tertiary/aromatic N) is 4. The predicted octanol–water partition coefficient (Wildman–Crippen LogP) is 3.29. The quantitative estimate of drug-likeness (QED) is 0.401. The average Bonchev–Trinajstić information content (AvgIpc) is 3.51. The second kappa shape index (κ2) is 9.53. The third kappa shape index (κ3) is 4.66. The summed E-state index contributed by atoms with van der Waals surface area (Å²) in [6.45, 7) is 1.96. The van der Waals surface area contributed by atoms with Crippen LogP contribution >= 0.6 is 11.8 Å². The lowest BCUT2D eigenvalue weighted by atomic mass is 10.1. The molecular weight excluding hydrogens is 464 g/mol. The van der Waals surface area contributed by atoms with Gasteiger partial charge in [-0.25, -0.2) is 0 Å². The first kappa shape index (κ1) is 23.1. The number of hydrogen-bond donors (Lipinski definition) is 2. The van der Waals surface area contributed by atoms with E-state index in [2.05, 4.69) is 20.8 Å². The van der Waals surface area contributed by atoms with Gasteiger partial charge in [-0.1, -0.05) is 36.7 Å².